The lowest BCUT2D eigenvalue weighted by Crippen LogP contribution is -2.68. The summed E-state index contributed by atoms with van der Waals surface area (Å²) in [5, 5.41) is 0. The predicted molar refractivity (Wildman–Crippen MR) is 87.3 cm³/mol. The Morgan fingerprint density at radius 3 is 2.22 bits per heavy atom. The van der Waals surface area contributed by atoms with Gasteiger partial charge in [0, 0.05) is 6.54 Å². The highest BCUT2D eigenvalue weighted by Crippen LogP contribution is 2.31. The quantitative estimate of drug-likeness (QED) is 0.884. The third-order valence-electron chi connectivity index (χ3n) is 4.12. The number of nitrogens with zero attached hydrogens (tertiary/aromatic N) is 1. The number of amides is 2. The third kappa shape index (κ3) is 3.90. The van der Waals surface area contributed by atoms with Crippen LogP contribution in [0.3, 0.4) is 0 Å². The van der Waals surface area contributed by atoms with Crippen LogP contribution in [0.1, 0.15) is 30.0 Å². The molecule has 1 aromatic rings. The maximum Gasteiger partial charge on any atom is 0.259 e. The summed E-state index contributed by atoms with van der Waals surface area (Å²) in [5.74, 6) is -0.826. The number of carbonyl (C=O) groups excluding carboxylic acids is 2. The van der Waals surface area contributed by atoms with Gasteiger partial charge < -0.3 is 4.90 Å². The van der Waals surface area contributed by atoms with E-state index in [0.29, 0.717) is 13.0 Å². The van der Waals surface area contributed by atoms with Gasteiger partial charge in [0.2, 0.25) is 15.9 Å². The Morgan fingerprint density at radius 1 is 1.22 bits per heavy atom. The van der Waals surface area contributed by atoms with E-state index in [-0.39, 0.29) is 12.3 Å². The molecule has 1 saturated heterocycles. The van der Waals surface area contributed by atoms with E-state index in [4.69, 9.17) is 0 Å². The second kappa shape index (κ2) is 5.96. The largest absolute Gasteiger partial charge is 0.328 e. The van der Waals surface area contributed by atoms with Crippen LogP contribution >= 0.6 is 0 Å². The molecule has 1 unspecified atom stereocenters. The number of sulfonamides is 1. The minimum Gasteiger partial charge on any atom is -0.328 e. The van der Waals surface area contributed by atoms with Crippen LogP contribution in [0.15, 0.2) is 18.2 Å². The zero-order valence-electron chi connectivity index (χ0n) is 13.8. The summed E-state index contributed by atoms with van der Waals surface area (Å²) in [7, 11) is -3.64. The van der Waals surface area contributed by atoms with Crippen LogP contribution in [0.2, 0.25) is 0 Å². The summed E-state index contributed by atoms with van der Waals surface area (Å²) in [6, 6.07) is 5.92. The first-order valence-electron chi connectivity index (χ1n) is 7.41. The summed E-state index contributed by atoms with van der Waals surface area (Å²) >= 11 is 0. The third-order valence-corrected chi connectivity index (χ3v) is 4.68. The zero-order chi connectivity index (χ0) is 17.4. The molecule has 0 aliphatic carbocycles. The molecule has 6 nitrogen and oxygen atoms in total. The lowest BCUT2D eigenvalue weighted by molar-refractivity contribution is -0.156. The maximum absolute atomic E-state index is 12.5. The molecule has 0 bridgehead atoms. The second-order valence-electron chi connectivity index (χ2n) is 6.45. The van der Waals surface area contributed by atoms with Crippen LogP contribution in [0.4, 0.5) is 0 Å². The van der Waals surface area contributed by atoms with Crippen molar-refractivity contribution in [3.8, 4) is 0 Å². The monoisotopic (exact) mass is 338 g/mol. The highest BCUT2D eigenvalue weighted by Gasteiger charge is 2.49. The molecule has 1 fully saturated rings. The molecule has 2 rings (SSSR count). The fourth-order valence-corrected chi connectivity index (χ4v) is 3.47. The Labute approximate surface area is 136 Å². The second-order valence-corrected chi connectivity index (χ2v) is 8.19. The topological polar surface area (TPSA) is 83.6 Å². The molecule has 0 spiro atoms. The standard InChI is InChI=1S/C16H22N2O4S/c1-11-7-12(2)9-13(8-11)10-14(19)18-6-5-16(18,3)15(20)17-23(4,21)22/h7-9H,5-6,10H2,1-4H3,(H,17,20). The number of hydrogen-bond donors (Lipinski definition) is 1. The van der Waals surface area contributed by atoms with Gasteiger partial charge >= 0.3 is 0 Å². The van der Waals surface area contributed by atoms with Crippen molar-refractivity contribution in [2.75, 3.05) is 12.8 Å². The molecular weight excluding hydrogens is 316 g/mol. The molecule has 1 N–H and O–H groups in total. The Bertz CT molecular complexity index is 737. The van der Waals surface area contributed by atoms with Gasteiger partial charge in [-0.25, -0.2) is 8.42 Å². The Morgan fingerprint density at radius 2 is 1.78 bits per heavy atom. The van der Waals surface area contributed by atoms with Crippen molar-refractivity contribution in [3.63, 3.8) is 0 Å². The lowest BCUT2D eigenvalue weighted by Gasteiger charge is -2.48. The van der Waals surface area contributed by atoms with Gasteiger partial charge in [-0.15, -0.1) is 0 Å². The molecule has 0 radical (unpaired) electrons. The Kier molecular flexibility index (Phi) is 4.52. The van der Waals surface area contributed by atoms with Gasteiger partial charge in [0.15, 0.2) is 0 Å². The first kappa shape index (κ1) is 17.5. The smallest absolute Gasteiger partial charge is 0.259 e. The minimum atomic E-state index is -3.64. The Balaban J connectivity index is 2.12. The van der Waals surface area contributed by atoms with Crippen molar-refractivity contribution in [1.82, 2.24) is 9.62 Å². The molecule has 23 heavy (non-hydrogen) atoms. The Hall–Kier alpha value is -1.89. The molecule has 1 aliphatic rings. The molecule has 1 aromatic carbocycles. The summed E-state index contributed by atoms with van der Waals surface area (Å²) in [4.78, 5) is 26.1. The van der Waals surface area contributed by atoms with E-state index < -0.39 is 21.5 Å². The predicted octanol–water partition coefficient (Wildman–Crippen LogP) is 0.913. The molecule has 1 aliphatic heterocycles. The van der Waals surface area contributed by atoms with Crippen LogP contribution < -0.4 is 4.72 Å². The van der Waals surface area contributed by atoms with Gasteiger partial charge in [0.1, 0.15) is 5.54 Å². The van der Waals surface area contributed by atoms with Crippen LogP contribution in [-0.2, 0) is 26.0 Å². The first-order chi connectivity index (χ1) is 10.5. The van der Waals surface area contributed by atoms with E-state index in [2.05, 4.69) is 0 Å². The average Bonchev–Trinajstić information content (AvgIpc) is 2.32. The van der Waals surface area contributed by atoms with Crippen LogP contribution in [0, 0.1) is 13.8 Å². The molecule has 2 amide bonds. The number of benzene rings is 1. The molecule has 7 heteroatoms. The highest BCUT2D eigenvalue weighted by atomic mass is 32.2. The SMILES string of the molecule is Cc1cc(C)cc(CC(=O)N2CCC2(C)C(=O)NS(C)(=O)=O)c1. The van der Waals surface area contributed by atoms with Crippen molar-refractivity contribution in [2.24, 2.45) is 0 Å². The summed E-state index contributed by atoms with van der Waals surface area (Å²) < 4.78 is 24.4. The van der Waals surface area contributed by atoms with Crippen LogP contribution in [0.25, 0.3) is 0 Å². The molecule has 1 atom stereocenters. The van der Waals surface area contributed by atoms with Crippen LogP contribution in [-0.4, -0.2) is 43.5 Å². The van der Waals surface area contributed by atoms with E-state index in [1.807, 2.05) is 36.8 Å². The van der Waals surface area contributed by atoms with Crippen molar-refractivity contribution in [1.29, 1.82) is 0 Å². The number of nitrogens with one attached hydrogen (secondary N) is 1. The fourth-order valence-electron chi connectivity index (χ4n) is 2.91. The molecule has 1 heterocycles. The van der Waals surface area contributed by atoms with E-state index in [9.17, 15) is 18.0 Å². The van der Waals surface area contributed by atoms with Crippen molar-refractivity contribution < 1.29 is 18.0 Å². The van der Waals surface area contributed by atoms with Gasteiger partial charge in [0.05, 0.1) is 12.7 Å². The number of carbonyl (C=O) groups is 2. The van der Waals surface area contributed by atoms with Crippen molar-refractivity contribution in [3.05, 3.63) is 34.9 Å². The van der Waals surface area contributed by atoms with E-state index in [0.717, 1.165) is 22.9 Å². The van der Waals surface area contributed by atoms with Crippen molar-refractivity contribution >= 4 is 21.8 Å². The molecular formula is C16H22N2O4S. The van der Waals surface area contributed by atoms with E-state index in [1.165, 1.54) is 4.90 Å². The van der Waals surface area contributed by atoms with Crippen molar-refractivity contribution in [2.45, 2.75) is 39.2 Å². The van der Waals surface area contributed by atoms with Gasteiger partial charge in [-0.3, -0.25) is 14.3 Å². The maximum atomic E-state index is 12.5. The molecule has 0 aromatic heterocycles. The van der Waals surface area contributed by atoms with E-state index in [1.54, 1.807) is 6.92 Å². The summed E-state index contributed by atoms with van der Waals surface area (Å²) in [6.45, 7) is 5.98. The number of aryl methyl sites for hydroxylation is 2. The van der Waals surface area contributed by atoms with Gasteiger partial charge in [-0.05, 0) is 32.8 Å². The zero-order valence-corrected chi connectivity index (χ0v) is 14.7. The molecule has 0 saturated carbocycles. The fraction of sp³-hybridized carbons (Fsp3) is 0.500. The normalized spacial score (nSPS) is 20.8. The first-order valence-corrected chi connectivity index (χ1v) is 9.30. The van der Waals surface area contributed by atoms with E-state index >= 15 is 0 Å². The molecule has 126 valence electrons. The lowest BCUT2D eigenvalue weighted by atomic mass is 9.85. The van der Waals surface area contributed by atoms with Gasteiger partial charge in [-0.1, -0.05) is 29.3 Å². The van der Waals surface area contributed by atoms with Gasteiger partial charge in [-0.2, -0.15) is 0 Å². The van der Waals surface area contributed by atoms with Crippen LogP contribution in [0.5, 0.6) is 0 Å². The summed E-state index contributed by atoms with van der Waals surface area (Å²) in [6.07, 6.45) is 1.58. The van der Waals surface area contributed by atoms with Gasteiger partial charge in [0.25, 0.3) is 5.91 Å². The highest BCUT2D eigenvalue weighted by molar-refractivity contribution is 7.89. The average molecular weight is 338 g/mol. The number of rotatable bonds is 4. The number of likely N-dealkylation sites (tertiary alicyclic amines) is 1. The summed E-state index contributed by atoms with van der Waals surface area (Å²) in [5.41, 5.74) is 1.95. The minimum absolute atomic E-state index is 0.174. The number of hydrogen-bond acceptors (Lipinski definition) is 4.